The molecule has 0 aliphatic carbocycles. The number of ether oxygens (including phenoxy) is 2. The second kappa shape index (κ2) is 21.2. The van der Waals surface area contributed by atoms with Crippen LogP contribution in [-0.2, 0) is 32.9 Å². The van der Waals surface area contributed by atoms with Crippen molar-refractivity contribution in [3.05, 3.63) is 53.6 Å². The molecular formula is C39H61N4O10P. The van der Waals surface area contributed by atoms with Gasteiger partial charge in [0.15, 0.2) is 0 Å². The van der Waals surface area contributed by atoms with Crippen molar-refractivity contribution in [3.8, 4) is 0 Å². The minimum absolute atomic E-state index is 0.0467. The van der Waals surface area contributed by atoms with E-state index in [4.69, 9.17) is 19.3 Å². The van der Waals surface area contributed by atoms with Crippen LogP contribution < -0.4 is 20.9 Å². The Hall–Kier alpha value is -3.97. The van der Waals surface area contributed by atoms with Gasteiger partial charge in [0.05, 0.1) is 17.8 Å². The summed E-state index contributed by atoms with van der Waals surface area (Å²) in [6.45, 7) is 21.9. The topological polar surface area (TPSA) is 193 Å². The number of carbonyl (C=O) groups excluding carboxylic acids is 4. The van der Waals surface area contributed by atoms with Crippen molar-refractivity contribution in [3.63, 3.8) is 0 Å². The van der Waals surface area contributed by atoms with Gasteiger partial charge in [-0.3, -0.25) is 14.1 Å². The fraction of sp³-hybridized carbons (Fsp3) is 0.590. The smallest absolute Gasteiger partial charge is 0.425 e. The molecule has 0 fully saturated rings. The van der Waals surface area contributed by atoms with Crippen LogP contribution in [0.3, 0.4) is 0 Å². The van der Waals surface area contributed by atoms with Gasteiger partial charge in [0.1, 0.15) is 12.1 Å². The van der Waals surface area contributed by atoms with E-state index in [1.165, 1.54) is 0 Å². The van der Waals surface area contributed by atoms with E-state index in [-0.39, 0.29) is 12.3 Å². The van der Waals surface area contributed by atoms with E-state index in [1.54, 1.807) is 27.7 Å². The lowest BCUT2D eigenvalue weighted by molar-refractivity contribution is -0.198. The SMILES string of the molecule is CC[C@@H](CC(=O)O[C@@H](OC(=O)[C@@H](NC(=O)[C@H](C)OP(=O)(O)O)C(C)C)C(C)C)c1ccc(N(CC(C)C)CC(C)C)c(NC(=O)Nc2ccc(C)cc2)c1. The number of nitrogens with zero attached hydrogens (tertiary/aromatic N) is 1. The number of benzene rings is 2. The molecule has 5 N–H and O–H groups in total. The molecule has 2 aromatic carbocycles. The second-order valence-electron chi connectivity index (χ2n) is 15.2. The highest BCUT2D eigenvalue weighted by Gasteiger charge is 2.34. The number of phosphoric ester groups is 1. The van der Waals surface area contributed by atoms with Crippen LogP contribution in [0.5, 0.6) is 0 Å². The number of phosphoric acid groups is 1. The highest BCUT2D eigenvalue weighted by atomic mass is 31.2. The van der Waals surface area contributed by atoms with Gasteiger partial charge in [-0.05, 0) is 73.8 Å². The van der Waals surface area contributed by atoms with Crippen molar-refractivity contribution in [1.82, 2.24) is 5.32 Å². The number of hydrogen-bond acceptors (Lipinski definition) is 9. The third kappa shape index (κ3) is 15.8. The lowest BCUT2D eigenvalue weighted by Crippen LogP contribution is -2.50. The number of anilines is 3. The second-order valence-corrected chi connectivity index (χ2v) is 16.4. The zero-order valence-electron chi connectivity index (χ0n) is 33.5. The van der Waals surface area contributed by atoms with Crippen LogP contribution in [-0.4, -0.2) is 65.2 Å². The van der Waals surface area contributed by atoms with E-state index >= 15 is 0 Å². The third-order valence-electron chi connectivity index (χ3n) is 8.37. The molecule has 0 saturated heterocycles. The summed E-state index contributed by atoms with van der Waals surface area (Å²) in [5.41, 5.74) is 3.99. The Morgan fingerprint density at radius 3 is 1.91 bits per heavy atom. The lowest BCUT2D eigenvalue weighted by atomic mass is 9.92. The number of aryl methyl sites for hydroxylation is 1. The maximum absolute atomic E-state index is 13.4. The Bertz CT molecular complexity index is 1580. The fourth-order valence-electron chi connectivity index (χ4n) is 5.64. The average Bonchev–Trinajstić information content (AvgIpc) is 3.04. The summed E-state index contributed by atoms with van der Waals surface area (Å²) in [6.07, 6.45) is -2.32. The molecule has 302 valence electrons. The number of carbonyl (C=O) groups is 4. The Kier molecular flexibility index (Phi) is 18.1. The average molecular weight is 777 g/mol. The molecule has 0 spiro atoms. The fourth-order valence-corrected chi connectivity index (χ4v) is 6.15. The van der Waals surface area contributed by atoms with Crippen molar-refractivity contribution < 1.29 is 47.5 Å². The van der Waals surface area contributed by atoms with Crippen LogP contribution in [0.15, 0.2) is 42.5 Å². The number of rotatable bonds is 20. The molecule has 2 rings (SSSR count). The largest absolute Gasteiger partial charge is 0.470 e. The van der Waals surface area contributed by atoms with Crippen molar-refractivity contribution in [1.29, 1.82) is 0 Å². The van der Waals surface area contributed by atoms with Gasteiger partial charge >= 0.3 is 25.8 Å². The molecule has 2 aromatic rings. The molecule has 0 heterocycles. The molecule has 54 heavy (non-hydrogen) atoms. The van der Waals surface area contributed by atoms with Gasteiger partial charge in [0.2, 0.25) is 12.2 Å². The number of hydrogen-bond donors (Lipinski definition) is 5. The predicted molar refractivity (Wildman–Crippen MR) is 210 cm³/mol. The van der Waals surface area contributed by atoms with E-state index in [2.05, 4.69) is 53.1 Å². The highest BCUT2D eigenvalue weighted by molar-refractivity contribution is 7.46. The van der Waals surface area contributed by atoms with Gasteiger partial charge in [-0.2, -0.15) is 0 Å². The summed E-state index contributed by atoms with van der Waals surface area (Å²) in [4.78, 5) is 72.9. The zero-order chi connectivity index (χ0) is 40.9. The van der Waals surface area contributed by atoms with Crippen LogP contribution in [0.4, 0.5) is 21.9 Å². The summed E-state index contributed by atoms with van der Waals surface area (Å²) >= 11 is 0. The first-order valence-electron chi connectivity index (χ1n) is 18.6. The molecule has 3 amide bonds. The van der Waals surface area contributed by atoms with Crippen LogP contribution in [0, 0.1) is 30.6 Å². The first-order chi connectivity index (χ1) is 25.1. The number of nitrogens with one attached hydrogen (secondary N) is 3. The third-order valence-corrected chi connectivity index (χ3v) is 8.97. The van der Waals surface area contributed by atoms with Gasteiger partial charge in [-0.1, -0.05) is 86.1 Å². The molecule has 0 aliphatic heterocycles. The maximum atomic E-state index is 13.4. The van der Waals surface area contributed by atoms with Crippen molar-refractivity contribution >= 4 is 48.8 Å². The molecule has 0 aliphatic rings. The first-order valence-corrected chi connectivity index (χ1v) is 20.1. The maximum Gasteiger partial charge on any atom is 0.470 e. The quantitative estimate of drug-likeness (QED) is 0.0513. The normalized spacial score (nSPS) is 14.0. The molecule has 14 nitrogen and oxygen atoms in total. The van der Waals surface area contributed by atoms with Crippen molar-refractivity contribution in [2.45, 2.75) is 113 Å². The molecule has 15 heteroatoms. The Balaban J connectivity index is 2.32. The molecule has 0 saturated carbocycles. The van der Waals surface area contributed by atoms with E-state index in [0.29, 0.717) is 29.6 Å². The van der Waals surface area contributed by atoms with Gasteiger partial charge in [-0.25, -0.2) is 14.2 Å². The summed E-state index contributed by atoms with van der Waals surface area (Å²) < 4.78 is 26.9. The van der Waals surface area contributed by atoms with E-state index in [1.807, 2.05) is 56.3 Å². The van der Waals surface area contributed by atoms with Gasteiger partial charge in [-0.15, -0.1) is 0 Å². The summed E-state index contributed by atoms with van der Waals surface area (Å²) in [5.74, 6) is -2.96. The van der Waals surface area contributed by atoms with Crippen LogP contribution in [0.25, 0.3) is 0 Å². The molecule has 0 bridgehead atoms. The number of urea groups is 1. The monoisotopic (exact) mass is 776 g/mol. The van der Waals surface area contributed by atoms with E-state index in [9.17, 15) is 23.7 Å². The summed E-state index contributed by atoms with van der Waals surface area (Å²) in [5, 5.41) is 8.36. The van der Waals surface area contributed by atoms with E-state index in [0.717, 1.165) is 36.8 Å². The van der Waals surface area contributed by atoms with Crippen molar-refractivity contribution in [2.24, 2.45) is 23.7 Å². The molecule has 4 atom stereocenters. The standard InChI is InChI=1S/C39H61N4O10P/c1-12-29(20-34(44)51-38(26(8)9)52-37(46)35(25(6)7)42-36(45)28(11)53-54(48,49)50)30-15-18-33(43(21-23(2)3)22-24(4)5)32(19-30)41-39(47)40-31-16-13-27(10)14-17-31/h13-19,23-26,28-29,35,38H,12,20-22H2,1-11H3,(H,42,45)(H2,40,41,47)(H2,48,49,50)/t28-,29-,35-,38-/m0/s1. The van der Waals surface area contributed by atoms with E-state index < -0.39 is 62.0 Å². The minimum Gasteiger partial charge on any atom is -0.425 e. The molecular weight excluding hydrogens is 715 g/mol. The predicted octanol–water partition coefficient (Wildman–Crippen LogP) is 7.35. The Morgan fingerprint density at radius 2 is 1.41 bits per heavy atom. The molecule has 0 aromatic heterocycles. The zero-order valence-corrected chi connectivity index (χ0v) is 34.4. The van der Waals surface area contributed by atoms with Crippen LogP contribution >= 0.6 is 7.82 Å². The Morgan fingerprint density at radius 1 is 0.815 bits per heavy atom. The van der Waals surface area contributed by atoms with Gasteiger partial charge in [0.25, 0.3) is 0 Å². The van der Waals surface area contributed by atoms with Gasteiger partial charge < -0.3 is 40.1 Å². The molecule has 0 unspecified atom stereocenters. The summed E-state index contributed by atoms with van der Waals surface area (Å²) in [6, 6.07) is 11.7. The number of amides is 3. The molecule has 0 radical (unpaired) electrons. The number of esters is 2. The lowest BCUT2D eigenvalue weighted by Gasteiger charge is -2.31. The summed E-state index contributed by atoms with van der Waals surface area (Å²) in [7, 11) is -4.95. The van der Waals surface area contributed by atoms with Crippen LogP contribution in [0.1, 0.15) is 99.1 Å². The van der Waals surface area contributed by atoms with Gasteiger partial charge in [0, 0.05) is 24.7 Å². The Labute approximate surface area is 320 Å². The first kappa shape index (κ1) is 46.2. The minimum atomic E-state index is -4.95. The highest BCUT2D eigenvalue weighted by Crippen LogP contribution is 2.37. The van der Waals surface area contributed by atoms with Crippen molar-refractivity contribution in [2.75, 3.05) is 28.6 Å². The van der Waals surface area contributed by atoms with Crippen LogP contribution in [0.2, 0.25) is 0 Å².